The van der Waals surface area contributed by atoms with E-state index in [0.717, 1.165) is 32.2 Å². The Labute approximate surface area is 146 Å². The average Bonchev–Trinajstić information content (AvgIpc) is 3.23. The Morgan fingerprint density at radius 1 is 1.35 bits per heavy atom. The van der Waals surface area contributed by atoms with E-state index < -0.39 is 12.9 Å². The lowest BCUT2D eigenvalue weighted by Crippen LogP contribution is -2.45. The van der Waals surface area contributed by atoms with Crippen LogP contribution in [0.1, 0.15) is 53.5 Å². The molecular formula is C19H26N2OS. The summed E-state index contributed by atoms with van der Waals surface area (Å²) in [7, 11) is 0. The highest BCUT2D eigenvalue weighted by atomic mass is 32.1. The van der Waals surface area contributed by atoms with Crippen molar-refractivity contribution in [3.8, 4) is 0 Å². The first kappa shape index (κ1) is 11.7. The molecule has 0 saturated carbocycles. The molecule has 4 aliphatic rings. The molecule has 5 atom stereocenters. The predicted molar refractivity (Wildman–Crippen MR) is 93.2 cm³/mol. The van der Waals surface area contributed by atoms with Crippen LogP contribution in [0.25, 0.3) is 0 Å². The minimum absolute atomic E-state index is 0.123. The van der Waals surface area contributed by atoms with Gasteiger partial charge in [-0.3, -0.25) is 5.32 Å². The summed E-state index contributed by atoms with van der Waals surface area (Å²) in [5, 5.41) is 9.22. The number of ether oxygens (including phenoxy) is 1. The lowest BCUT2D eigenvalue weighted by Gasteiger charge is -2.33. The zero-order valence-electron chi connectivity index (χ0n) is 16.3. The molecule has 1 aromatic rings. The summed E-state index contributed by atoms with van der Waals surface area (Å²) in [6.07, 6.45) is 6.10. The third kappa shape index (κ3) is 2.38. The molecule has 1 aromatic heterocycles. The second-order valence-corrected chi connectivity index (χ2v) is 8.39. The molecule has 0 bridgehead atoms. The molecule has 0 aromatic carbocycles. The zero-order valence-corrected chi connectivity index (χ0v) is 14.1. The van der Waals surface area contributed by atoms with Gasteiger partial charge in [0.25, 0.3) is 0 Å². The minimum atomic E-state index is -1.94. The first-order valence-electron chi connectivity index (χ1n) is 10.4. The van der Waals surface area contributed by atoms with E-state index in [9.17, 15) is 0 Å². The van der Waals surface area contributed by atoms with Crippen molar-refractivity contribution >= 4 is 11.3 Å². The van der Waals surface area contributed by atoms with Crippen LogP contribution in [-0.2, 0) is 17.7 Å². The molecule has 124 valence electrons. The third-order valence-corrected chi connectivity index (χ3v) is 7.08. The summed E-state index contributed by atoms with van der Waals surface area (Å²) in [4.78, 5) is 1.46. The number of hydrogen-bond acceptors (Lipinski definition) is 4. The van der Waals surface area contributed by atoms with Crippen LogP contribution in [0.3, 0.4) is 0 Å². The summed E-state index contributed by atoms with van der Waals surface area (Å²) < 4.78 is 29.6. The number of piperidine rings is 1. The van der Waals surface area contributed by atoms with Crippen LogP contribution in [0.2, 0.25) is 0 Å². The number of allylic oxidation sites excluding steroid dienone is 1. The zero-order chi connectivity index (χ0) is 17.9. The molecular weight excluding hydrogens is 304 g/mol. The van der Waals surface area contributed by atoms with Crippen molar-refractivity contribution in [2.45, 2.75) is 70.2 Å². The first-order valence-corrected chi connectivity index (χ1v) is 9.83. The highest BCUT2D eigenvalue weighted by Gasteiger charge is 2.47. The monoisotopic (exact) mass is 333 g/mol. The molecule has 2 saturated heterocycles. The van der Waals surface area contributed by atoms with E-state index in [0.29, 0.717) is 17.9 Å². The summed E-state index contributed by atoms with van der Waals surface area (Å²) in [6, 6.07) is 2.19. The molecule has 0 radical (unpaired) electrons. The van der Waals surface area contributed by atoms with Crippen LogP contribution in [0, 0.1) is 11.8 Å². The van der Waals surface area contributed by atoms with E-state index in [1.807, 2.05) is 11.3 Å². The fourth-order valence-electron chi connectivity index (χ4n) is 4.97. The van der Waals surface area contributed by atoms with Gasteiger partial charge in [-0.1, -0.05) is 0 Å². The van der Waals surface area contributed by atoms with Gasteiger partial charge in [0.1, 0.15) is 5.76 Å². The van der Waals surface area contributed by atoms with Gasteiger partial charge in [-0.2, -0.15) is 0 Å². The molecule has 0 spiro atoms. The molecule has 3 aliphatic heterocycles. The van der Waals surface area contributed by atoms with Gasteiger partial charge in [-0.05, 0) is 68.0 Å². The fraction of sp³-hybridized carbons (Fsp3) is 0.684. The summed E-state index contributed by atoms with van der Waals surface area (Å²) >= 11 is 1.84. The molecule has 4 heterocycles. The Hall–Kier alpha value is -0.840. The summed E-state index contributed by atoms with van der Waals surface area (Å²) in [5.74, 6) is 2.08. The number of rotatable bonds is 1. The fourth-order valence-corrected chi connectivity index (χ4v) is 5.83. The lowest BCUT2D eigenvalue weighted by molar-refractivity contribution is 0.0575. The van der Waals surface area contributed by atoms with Crippen molar-refractivity contribution in [3.63, 3.8) is 0 Å². The molecule has 0 amide bonds. The van der Waals surface area contributed by atoms with Crippen LogP contribution in [0.5, 0.6) is 0 Å². The van der Waals surface area contributed by atoms with Gasteiger partial charge in [-0.15, -0.1) is 11.3 Å². The number of fused-ring (bicyclic) bond motifs is 4. The van der Waals surface area contributed by atoms with Gasteiger partial charge in [0.2, 0.25) is 0 Å². The second-order valence-electron chi connectivity index (χ2n) is 7.39. The van der Waals surface area contributed by atoms with Crippen molar-refractivity contribution in [1.29, 1.82) is 0 Å². The molecule has 1 aliphatic carbocycles. The Balaban J connectivity index is 1.40. The largest absolute Gasteiger partial charge is 0.479 e. The maximum absolute atomic E-state index is 7.73. The molecule has 2 N–H and O–H groups in total. The lowest BCUT2D eigenvalue weighted by atomic mass is 9.75. The van der Waals surface area contributed by atoms with Crippen LogP contribution >= 0.6 is 11.3 Å². The van der Waals surface area contributed by atoms with Crippen molar-refractivity contribution in [1.82, 2.24) is 10.6 Å². The maximum Gasteiger partial charge on any atom is 0.153 e. The van der Waals surface area contributed by atoms with Crippen LogP contribution < -0.4 is 10.6 Å². The van der Waals surface area contributed by atoms with Gasteiger partial charge >= 0.3 is 0 Å². The predicted octanol–water partition coefficient (Wildman–Crippen LogP) is 3.56. The van der Waals surface area contributed by atoms with E-state index in [2.05, 4.69) is 22.1 Å². The Kier molecular flexibility index (Phi) is 2.85. The molecule has 2 fully saturated rings. The molecule has 5 rings (SSSR count). The van der Waals surface area contributed by atoms with E-state index in [1.54, 1.807) is 0 Å². The van der Waals surface area contributed by atoms with Crippen molar-refractivity contribution < 1.29 is 8.85 Å². The molecule has 23 heavy (non-hydrogen) atoms. The van der Waals surface area contributed by atoms with Gasteiger partial charge in [0.15, 0.2) is 6.23 Å². The number of hydrogen-bond donors (Lipinski definition) is 2. The van der Waals surface area contributed by atoms with Crippen LogP contribution in [-0.4, -0.2) is 18.3 Å². The van der Waals surface area contributed by atoms with Gasteiger partial charge in [0.05, 0.1) is 0 Å². The van der Waals surface area contributed by atoms with Crippen molar-refractivity contribution in [3.05, 3.63) is 33.2 Å². The van der Waals surface area contributed by atoms with Gasteiger partial charge in [-0.25, -0.2) is 0 Å². The standard InChI is InChI=1S/C19H26N2OS/c1-11-5-6-14-13-3-2-4-15(18(13)22-19(14)21-11)16-9-12-7-8-23-17(12)10-20-16/h7-8,11,13-14,16,19-21H,2-6,9-10H2,1H3/t11-,13+,14?,16-,19+/m1/s1/i1D3. The SMILES string of the molecule is [2H]C([2H])([2H])[C@@H]1CCC2[C@@H]3CCCC([C@H]4Cc5ccsc5CN4)=C3O[C@@H]2N1. The molecule has 1 unspecified atom stereocenters. The van der Waals surface area contributed by atoms with E-state index in [-0.39, 0.29) is 6.23 Å². The smallest absolute Gasteiger partial charge is 0.153 e. The topological polar surface area (TPSA) is 33.3 Å². The van der Waals surface area contributed by atoms with E-state index in [1.165, 1.54) is 34.6 Å². The van der Waals surface area contributed by atoms with Crippen molar-refractivity contribution in [2.24, 2.45) is 11.8 Å². The number of nitrogens with one attached hydrogen (secondary N) is 2. The highest BCUT2D eigenvalue weighted by molar-refractivity contribution is 7.10. The number of thiophene rings is 1. The average molecular weight is 334 g/mol. The normalized spacial score (nSPS) is 41.9. The van der Waals surface area contributed by atoms with Crippen LogP contribution in [0.4, 0.5) is 0 Å². The Morgan fingerprint density at radius 3 is 3.30 bits per heavy atom. The van der Waals surface area contributed by atoms with Gasteiger partial charge in [0, 0.05) is 39.5 Å². The Morgan fingerprint density at radius 2 is 2.35 bits per heavy atom. The third-order valence-electron chi connectivity index (χ3n) is 6.12. The van der Waals surface area contributed by atoms with Crippen molar-refractivity contribution in [2.75, 3.05) is 0 Å². The summed E-state index contributed by atoms with van der Waals surface area (Å²) in [5.41, 5.74) is 2.92. The van der Waals surface area contributed by atoms with E-state index >= 15 is 0 Å². The maximum atomic E-state index is 7.73. The summed E-state index contributed by atoms with van der Waals surface area (Å²) in [6.45, 7) is -0.995. The van der Waals surface area contributed by atoms with Crippen LogP contribution in [0.15, 0.2) is 22.8 Å². The molecule has 4 heteroatoms. The Bertz CT molecular complexity index is 729. The highest BCUT2D eigenvalue weighted by Crippen LogP contribution is 2.48. The van der Waals surface area contributed by atoms with Gasteiger partial charge < -0.3 is 10.1 Å². The second kappa shape index (κ2) is 5.61. The quantitative estimate of drug-likeness (QED) is 0.824. The molecule has 3 nitrogen and oxygen atoms in total. The van der Waals surface area contributed by atoms with E-state index in [4.69, 9.17) is 8.85 Å². The minimum Gasteiger partial charge on any atom is -0.479 e. The first-order chi connectivity index (χ1) is 12.5.